The van der Waals surface area contributed by atoms with Gasteiger partial charge in [0.1, 0.15) is 5.82 Å². The van der Waals surface area contributed by atoms with Crippen LogP contribution in [0, 0.1) is 19.7 Å². The number of nitrogens with zero attached hydrogens (tertiary/aromatic N) is 2. The minimum atomic E-state index is -0.246. The van der Waals surface area contributed by atoms with Crippen molar-refractivity contribution in [2.75, 3.05) is 18.0 Å². The van der Waals surface area contributed by atoms with Gasteiger partial charge in [0.05, 0.1) is 16.3 Å². The van der Waals surface area contributed by atoms with E-state index < -0.39 is 0 Å². The van der Waals surface area contributed by atoms with Gasteiger partial charge in [-0.25, -0.2) is 9.38 Å². The zero-order chi connectivity index (χ0) is 19.7. The van der Waals surface area contributed by atoms with Crippen LogP contribution >= 0.6 is 11.8 Å². The first-order valence-corrected chi connectivity index (χ1v) is 10.2. The van der Waals surface area contributed by atoms with Gasteiger partial charge in [0.15, 0.2) is 5.17 Å². The van der Waals surface area contributed by atoms with Crippen molar-refractivity contribution >= 4 is 40.3 Å². The predicted octanol–water partition coefficient (Wildman–Crippen LogP) is 4.93. The van der Waals surface area contributed by atoms with Crippen molar-refractivity contribution in [1.82, 2.24) is 5.32 Å². The number of nitrogens with one attached hydrogen (secondary N) is 1. The Hall–Kier alpha value is -2.60. The smallest absolute Gasteiger partial charge is 0.264 e. The third kappa shape index (κ3) is 4.12. The first kappa shape index (κ1) is 18.7. The van der Waals surface area contributed by atoms with Crippen LogP contribution < -0.4 is 10.2 Å². The number of halogens is 1. The van der Waals surface area contributed by atoms with E-state index in [1.165, 1.54) is 17.8 Å². The molecule has 144 valence electrons. The highest BCUT2D eigenvalue weighted by atomic mass is 32.2. The number of carbonyl (C=O) groups is 1. The molecule has 2 fully saturated rings. The van der Waals surface area contributed by atoms with E-state index in [-0.39, 0.29) is 11.7 Å². The topological polar surface area (TPSA) is 44.7 Å². The van der Waals surface area contributed by atoms with E-state index in [2.05, 4.69) is 21.3 Å². The molecule has 4 rings (SSSR count). The van der Waals surface area contributed by atoms with Crippen LogP contribution in [0.5, 0.6) is 0 Å². The van der Waals surface area contributed by atoms with Gasteiger partial charge in [-0.3, -0.25) is 4.79 Å². The molecule has 0 unspecified atom stereocenters. The Bertz CT molecular complexity index is 973. The van der Waals surface area contributed by atoms with Gasteiger partial charge < -0.3 is 10.2 Å². The standard InChI is InChI=1S/C22H22FN3OS/c1-14-9-15(2)11-17(10-14)24-22-25-21(27)20(28-22)13-16-5-6-19(18(23)12-16)26-7-3-4-8-26/h5-6,9-13H,3-4,7-8H2,1-2H3,(H,24,25,27)/b20-13-. The number of carbonyl (C=O) groups excluding carboxylic acids is 1. The number of benzene rings is 2. The minimum absolute atomic E-state index is 0.211. The Morgan fingerprint density at radius 2 is 1.82 bits per heavy atom. The second-order valence-corrected chi connectivity index (χ2v) is 8.26. The summed E-state index contributed by atoms with van der Waals surface area (Å²) in [6.07, 6.45) is 3.91. The molecule has 2 saturated heterocycles. The lowest BCUT2D eigenvalue weighted by molar-refractivity contribution is -0.115. The molecule has 4 nitrogen and oxygen atoms in total. The first-order valence-electron chi connectivity index (χ1n) is 9.40. The summed E-state index contributed by atoms with van der Waals surface area (Å²) in [5.41, 5.74) is 4.37. The summed E-state index contributed by atoms with van der Waals surface area (Å²) in [6.45, 7) is 5.83. The molecule has 0 spiro atoms. The van der Waals surface area contributed by atoms with Gasteiger partial charge in [-0.15, -0.1) is 0 Å². The van der Waals surface area contributed by atoms with Crippen molar-refractivity contribution in [3.63, 3.8) is 0 Å². The molecule has 2 aliphatic rings. The van der Waals surface area contributed by atoms with Crippen molar-refractivity contribution in [2.24, 2.45) is 4.99 Å². The fourth-order valence-corrected chi connectivity index (χ4v) is 4.43. The second kappa shape index (κ2) is 7.80. The van der Waals surface area contributed by atoms with Crippen molar-refractivity contribution in [3.05, 3.63) is 63.8 Å². The van der Waals surface area contributed by atoms with E-state index in [0.717, 1.165) is 42.7 Å². The molecule has 0 bridgehead atoms. The molecule has 28 heavy (non-hydrogen) atoms. The van der Waals surface area contributed by atoms with E-state index >= 15 is 0 Å². The average molecular weight is 396 g/mol. The summed E-state index contributed by atoms with van der Waals surface area (Å²) in [4.78, 5) is 19.4. The molecule has 1 N–H and O–H groups in total. The largest absolute Gasteiger partial charge is 0.369 e. The lowest BCUT2D eigenvalue weighted by Gasteiger charge is -2.18. The number of amidine groups is 1. The molecule has 0 radical (unpaired) electrons. The molecule has 0 atom stereocenters. The van der Waals surface area contributed by atoms with Gasteiger partial charge in [-0.2, -0.15) is 0 Å². The average Bonchev–Trinajstić information content (AvgIpc) is 3.25. The summed E-state index contributed by atoms with van der Waals surface area (Å²) in [5, 5.41) is 3.32. The molecule has 6 heteroatoms. The number of amides is 1. The summed E-state index contributed by atoms with van der Waals surface area (Å²) in [6, 6.07) is 11.2. The maximum absolute atomic E-state index is 14.5. The van der Waals surface area contributed by atoms with Gasteiger partial charge >= 0.3 is 0 Å². The van der Waals surface area contributed by atoms with Gasteiger partial charge in [0.25, 0.3) is 5.91 Å². The van der Waals surface area contributed by atoms with Crippen LogP contribution in [0.3, 0.4) is 0 Å². The van der Waals surface area contributed by atoms with Gasteiger partial charge in [-0.05, 0) is 85.5 Å². The number of aliphatic imine (C=N–C) groups is 1. The molecule has 2 aliphatic heterocycles. The van der Waals surface area contributed by atoms with E-state index in [1.54, 1.807) is 12.1 Å². The lowest BCUT2D eigenvalue weighted by Crippen LogP contribution is -2.19. The predicted molar refractivity (Wildman–Crippen MR) is 115 cm³/mol. The molecule has 0 saturated carbocycles. The SMILES string of the molecule is Cc1cc(C)cc(N=C2NC(=O)/C(=C/c3ccc(N4CCCC4)c(F)c3)S2)c1. The van der Waals surface area contributed by atoms with Gasteiger partial charge in [0, 0.05) is 13.1 Å². The van der Waals surface area contributed by atoms with Crippen LogP contribution in [0.2, 0.25) is 0 Å². The third-order valence-electron chi connectivity index (χ3n) is 4.80. The number of rotatable bonds is 3. The molecule has 1 amide bonds. The molecular weight excluding hydrogens is 373 g/mol. The number of thioether (sulfide) groups is 1. The summed E-state index contributed by atoms with van der Waals surface area (Å²) < 4.78 is 14.5. The third-order valence-corrected chi connectivity index (χ3v) is 5.71. The molecule has 0 aromatic heterocycles. The van der Waals surface area contributed by atoms with E-state index in [1.807, 2.05) is 32.0 Å². The number of hydrogen-bond acceptors (Lipinski definition) is 4. The highest BCUT2D eigenvalue weighted by Gasteiger charge is 2.24. The first-order chi connectivity index (χ1) is 13.5. The van der Waals surface area contributed by atoms with E-state index in [9.17, 15) is 9.18 Å². The van der Waals surface area contributed by atoms with Crippen LogP contribution in [0.15, 0.2) is 46.3 Å². The molecular formula is C22H22FN3OS. The van der Waals surface area contributed by atoms with Crippen LogP contribution in [-0.4, -0.2) is 24.2 Å². The number of hydrogen-bond donors (Lipinski definition) is 1. The van der Waals surface area contributed by atoms with Crippen LogP contribution in [0.25, 0.3) is 6.08 Å². The lowest BCUT2D eigenvalue weighted by atomic mass is 10.1. The Morgan fingerprint density at radius 1 is 1.11 bits per heavy atom. The second-order valence-electron chi connectivity index (χ2n) is 7.23. The number of anilines is 1. The quantitative estimate of drug-likeness (QED) is 0.749. The Balaban J connectivity index is 1.54. The monoisotopic (exact) mass is 395 g/mol. The molecule has 2 heterocycles. The summed E-state index contributed by atoms with van der Waals surface area (Å²) in [7, 11) is 0. The van der Waals surface area contributed by atoms with Crippen LogP contribution in [-0.2, 0) is 4.79 Å². The van der Waals surface area contributed by atoms with Crippen molar-refractivity contribution in [3.8, 4) is 0 Å². The maximum atomic E-state index is 14.5. The zero-order valence-electron chi connectivity index (χ0n) is 16.0. The number of aryl methyl sites for hydroxylation is 2. The molecule has 0 aliphatic carbocycles. The fourth-order valence-electron chi connectivity index (χ4n) is 3.59. The van der Waals surface area contributed by atoms with Crippen LogP contribution in [0.1, 0.15) is 29.5 Å². The Labute approximate surface area is 168 Å². The normalized spacial score (nSPS) is 19.7. The van der Waals surface area contributed by atoms with E-state index in [0.29, 0.717) is 21.3 Å². The van der Waals surface area contributed by atoms with Gasteiger partial charge in [-0.1, -0.05) is 12.1 Å². The summed E-state index contributed by atoms with van der Waals surface area (Å²) >= 11 is 1.27. The van der Waals surface area contributed by atoms with Crippen molar-refractivity contribution < 1.29 is 9.18 Å². The van der Waals surface area contributed by atoms with Crippen molar-refractivity contribution in [2.45, 2.75) is 26.7 Å². The summed E-state index contributed by atoms with van der Waals surface area (Å²) in [5.74, 6) is -0.457. The van der Waals surface area contributed by atoms with Crippen molar-refractivity contribution in [1.29, 1.82) is 0 Å². The zero-order valence-corrected chi connectivity index (χ0v) is 16.8. The molecule has 2 aromatic rings. The van der Waals surface area contributed by atoms with Gasteiger partial charge in [0.2, 0.25) is 0 Å². The Morgan fingerprint density at radius 3 is 2.50 bits per heavy atom. The van der Waals surface area contributed by atoms with Crippen LogP contribution in [0.4, 0.5) is 15.8 Å². The Kier molecular flexibility index (Phi) is 5.22. The highest BCUT2D eigenvalue weighted by Crippen LogP contribution is 2.30. The highest BCUT2D eigenvalue weighted by molar-refractivity contribution is 8.18. The molecule has 2 aromatic carbocycles. The fraction of sp³-hybridized carbons (Fsp3) is 0.273. The maximum Gasteiger partial charge on any atom is 0.264 e. The minimum Gasteiger partial charge on any atom is -0.369 e. The van der Waals surface area contributed by atoms with E-state index in [4.69, 9.17) is 0 Å².